The molecule has 0 aliphatic rings. The summed E-state index contributed by atoms with van der Waals surface area (Å²) in [7, 11) is 3.00. The van der Waals surface area contributed by atoms with Crippen LogP contribution in [0, 0.1) is 0 Å². The van der Waals surface area contributed by atoms with Crippen molar-refractivity contribution in [1.82, 2.24) is 0 Å². The van der Waals surface area contributed by atoms with Crippen molar-refractivity contribution in [2.24, 2.45) is 0 Å². The van der Waals surface area contributed by atoms with Gasteiger partial charge in [0.15, 0.2) is 0 Å². The third kappa shape index (κ3) is 3.72. The van der Waals surface area contributed by atoms with Crippen molar-refractivity contribution in [3.63, 3.8) is 0 Å². The summed E-state index contributed by atoms with van der Waals surface area (Å²) in [6.07, 6.45) is -2.08. The van der Waals surface area contributed by atoms with Gasteiger partial charge >= 0.3 is 6.36 Å². The molecule has 0 fully saturated rings. The van der Waals surface area contributed by atoms with Crippen LogP contribution in [-0.2, 0) is 0 Å². The monoisotopic (exact) mass is 290 g/mol. The predicted molar refractivity (Wildman–Crippen MR) is 75.8 cm³/mol. The minimum Gasteiger partial charge on any atom is -0.497 e. The molecular weight excluding hydrogens is 275 g/mol. The molecule has 0 aliphatic carbocycles. The number of carbonyl (C=O) groups is 1. The quantitative estimate of drug-likeness (QED) is 0.766. The molecule has 0 N–H and O–H groups in total. The maximum Gasteiger partial charge on any atom is 0.301 e. The van der Waals surface area contributed by atoms with E-state index in [1.807, 2.05) is 0 Å². The van der Waals surface area contributed by atoms with E-state index in [2.05, 4.69) is 0 Å². The van der Waals surface area contributed by atoms with Gasteiger partial charge in [0.05, 0.1) is 14.2 Å². The summed E-state index contributed by atoms with van der Waals surface area (Å²) in [4.78, 5) is 12.0. The molecule has 0 heterocycles. The smallest absolute Gasteiger partial charge is 0.301 e. The second-order valence-electron chi connectivity index (χ2n) is 4.21. The van der Waals surface area contributed by atoms with Crippen LogP contribution >= 0.6 is 0 Å². The first-order valence-electron chi connectivity index (χ1n) is 6.27. The van der Waals surface area contributed by atoms with Crippen LogP contribution in [0.25, 0.3) is 0 Å². The van der Waals surface area contributed by atoms with E-state index in [1.165, 1.54) is 38.5 Å². The van der Waals surface area contributed by atoms with E-state index in [4.69, 9.17) is 14.2 Å². The number of alkyl halides is 1. The average Bonchev–Trinajstić information content (AvgIpc) is 2.54. The lowest BCUT2D eigenvalue weighted by atomic mass is 10.1. The molecule has 2 rings (SSSR count). The number of Topliss-reactive ketones (excluding diaryl/α,β-unsaturated/α-hetero) is 1. The third-order valence-corrected chi connectivity index (χ3v) is 2.86. The summed E-state index contributed by atoms with van der Waals surface area (Å²) in [6, 6.07) is 12.6. The Bertz CT molecular complexity index is 610. The zero-order valence-electron chi connectivity index (χ0n) is 11.7. The van der Waals surface area contributed by atoms with Gasteiger partial charge in [-0.25, -0.2) is 0 Å². The van der Waals surface area contributed by atoms with Gasteiger partial charge in [-0.2, -0.15) is 4.39 Å². The molecule has 1 unspecified atom stereocenters. The van der Waals surface area contributed by atoms with Crippen molar-refractivity contribution in [1.29, 1.82) is 0 Å². The molecule has 2 aromatic carbocycles. The molecule has 0 spiro atoms. The van der Waals surface area contributed by atoms with Gasteiger partial charge in [0.2, 0.25) is 5.78 Å². The van der Waals surface area contributed by atoms with E-state index in [-0.39, 0.29) is 11.3 Å². The minimum atomic E-state index is -2.08. The zero-order valence-corrected chi connectivity index (χ0v) is 11.7. The fourth-order valence-electron chi connectivity index (χ4n) is 1.73. The third-order valence-electron chi connectivity index (χ3n) is 2.86. The molecule has 2 aromatic rings. The lowest BCUT2D eigenvalue weighted by Gasteiger charge is -2.11. The molecule has 1 atom stereocenters. The van der Waals surface area contributed by atoms with Crippen molar-refractivity contribution in [3.05, 3.63) is 54.1 Å². The van der Waals surface area contributed by atoms with Crippen LogP contribution in [0.5, 0.6) is 17.2 Å². The van der Waals surface area contributed by atoms with Crippen LogP contribution in [0.1, 0.15) is 10.4 Å². The lowest BCUT2D eigenvalue weighted by Crippen LogP contribution is -2.22. The Kier molecular flexibility index (Phi) is 4.77. The van der Waals surface area contributed by atoms with Crippen molar-refractivity contribution < 1.29 is 23.4 Å². The Balaban J connectivity index is 2.07. The second-order valence-corrected chi connectivity index (χ2v) is 4.21. The van der Waals surface area contributed by atoms with Gasteiger partial charge in [-0.1, -0.05) is 12.1 Å². The van der Waals surface area contributed by atoms with E-state index in [0.717, 1.165) is 0 Å². The van der Waals surface area contributed by atoms with Crippen LogP contribution in [0.15, 0.2) is 48.5 Å². The van der Waals surface area contributed by atoms with E-state index < -0.39 is 12.1 Å². The Labute approximate surface area is 122 Å². The van der Waals surface area contributed by atoms with Gasteiger partial charge in [-0.05, 0) is 36.4 Å². The first kappa shape index (κ1) is 14.8. The molecule has 4 nitrogen and oxygen atoms in total. The summed E-state index contributed by atoms with van der Waals surface area (Å²) < 4.78 is 28.9. The van der Waals surface area contributed by atoms with E-state index in [9.17, 15) is 9.18 Å². The molecule has 0 bridgehead atoms. The van der Waals surface area contributed by atoms with E-state index in [0.29, 0.717) is 11.5 Å². The highest BCUT2D eigenvalue weighted by Crippen LogP contribution is 2.21. The van der Waals surface area contributed by atoms with E-state index >= 15 is 0 Å². The molecule has 0 amide bonds. The Morgan fingerprint density at radius 3 is 2.19 bits per heavy atom. The summed E-state index contributed by atoms with van der Waals surface area (Å²) in [6.45, 7) is 0. The molecule has 0 saturated carbocycles. The number of ether oxygens (including phenoxy) is 3. The molecule has 0 saturated heterocycles. The number of carbonyl (C=O) groups excluding carboxylic acids is 1. The number of hydrogen-bond donors (Lipinski definition) is 0. The van der Waals surface area contributed by atoms with E-state index in [1.54, 1.807) is 24.3 Å². The first-order chi connectivity index (χ1) is 10.1. The first-order valence-corrected chi connectivity index (χ1v) is 6.27. The maximum atomic E-state index is 13.9. The van der Waals surface area contributed by atoms with Gasteiger partial charge in [0.1, 0.15) is 17.2 Å². The number of benzene rings is 2. The predicted octanol–water partition coefficient (Wildman–Crippen LogP) is 3.26. The maximum absolute atomic E-state index is 13.9. The van der Waals surface area contributed by atoms with Crippen LogP contribution in [0.2, 0.25) is 0 Å². The lowest BCUT2D eigenvalue weighted by molar-refractivity contribution is 0.0451. The van der Waals surface area contributed by atoms with Gasteiger partial charge in [0.25, 0.3) is 0 Å². The Morgan fingerprint density at radius 1 is 0.952 bits per heavy atom. The number of methoxy groups -OCH3 is 2. The highest BCUT2D eigenvalue weighted by molar-refractivity contribution is 5.99. The van der Waals surface area contributed by atoms with Crippen LogP contribution in [0.4, 0.5) is 4.39 Å². The zero-order chi connectivity index (χ0) is 15.2. The molecule has 0 radical (unpaired) electrons. The fourth-order valence-corrected chi connectivity index (χ4v) is 1.73. The minimum absolute atomic E-state index is 0.190. The number of rotatable bonds is 6. The van der Waals surface area contributed by atoms with Crippen LogP contribution < -0.4 is 14.2 Å². The summed E-state index contributed by atoms with van der Waals surface area (Å²) >= 11 is 0. The van der Waals surface area contributed by atoms with Crippen molar-refractivity contribution in [3.8, 4) is 17.2 Å². The van der Waals surface area contributed by atoms with Crippen molar-refractivity contribution in [2.75, 3.05) is 14.2 Å². The molecular formula is C16H15FO4. The molecule has 110 valence electrons. The molecule has 5 heteroatoms. The summed E-state index contributed by atoms with van der Waals surface area (Å²) in [5.41, 5.74) is 0.190. The number of hydrogen-bond acceptors (Lipinski definition) is 4. The molecule has 0 aromatic heterocycles. The Hall–Kier alpha value is -2.56. The van der Waals surface area contributed by atoms with Gasteiger partial charge in [-0.15, -0.1) is 0 Å². The largest absolute Gasteiger partial charge is 0.497 e. The SMILES string of the molecule is COc1ccc(OC(F)C(=O)c2cccc(OC)c2)cc1. The van der Waals surface area contributed by atoms with Gasteiger partial charge in [-0.3, -0.25) is 4.79 Å². The molecule has 0 aliphatic heterocycles. The van der Waals surface area contributed by atoms with Crippen LogP contribution in [-0.4, -0.2) is 26.4 Å². The van der Waals surface area contributed by atoms with Crippen molar-refractivity contribution >= 4 is 5.78 Å². The average molecular weight is 290 g/mol. The van der Waals surface area contributed by atoms with Crippen LogP contribution in [0.3, 0.4) is 0 Å². The fraction of sp³-hybridized carbons (Fsp3) is 0.188. The topological polar surface area (TPSA) is 44.8 Å². The summed E-state index contributed by atoms with van der Waals surface area (Å²) in [5.74, 6) is 0.596. The summed E-state index contributed by atoms with van der Waals surface area (Å²) in [5, 5.41) is 0. The highest BCUT2D eigenvalue weighted by Gasteiger charge is 2.21. The molecule has 21 heavy (non-hydrogen) atoms. The van der Waals surface area contributed by atoms with Gasteiger partial charge < -0.3 is 14.2 Å². The highest BCUT2D eigenvalue weighted by atomic mass is 19.1. The van der Waals surface area contributed by atoms with Gasteiger partial charge in [0, 0.05) is 5.56 Å². The second kappa shape index (κ2) is 6.74. The number of ketones is 1. The standard InChI is InChI=1S/C16H15FO4/c1-19-12-6-8-13(9-7-12)21-16(17)15(18)11-4-3-5-14(10-11)20-2/h3-10,16H,1-2H3. The number of halogens is 1. The van der Waals surface area contributed by atoms with Crippen molar-refractivity contribution in [2.45, 2.75) is 6.36 Å². The normalized spacial score (nSPS) is 11.6. The Morgan fingerprint density at radius 2 is 1.57 bits per heavy atom.